The van der Waals surface area contributed by atoms with Gasteiger partial charge in [0.25, 0.3) is 5.91 Å². The van der Waals surface area contributed by atoms with E-state index in [4.69, 9.17) is 0 Å². The fourth-order valence-electron chi connectivity index (χ4n) is 3.85. The third kappa shape index (κ3) is 3.38. The summed E-state index contributed by atoms with van der Waals surface area (Å²) in [6.07, 6.45) is 1.60. The highest BCUT2D eigenvalue weighted by Crippen LogP contribution is 2.42. The zero-order chi connectivity index (χ0) is 17.9. The fraction of sp³-hybridized carbons (Fsp3) is 0.174. The average Bonchev–Trinajstić information content (AvgIpc) is 3.00. The van der Waals surface area contributed by atoms with Crippen LogP contribution < -0.4 is 5.32 Å². The number of carbonyl (C=O) groups is 1. The molecule has 0 radical (unpaired) electrons. The minimum atomic E-state index is -0.206. The number of carbonyl (C=O) groups excluding carboxylic acids is 1. The van der Waals surface area contributed by atoms with Crippen molar-refractivity contribution in [3.05, 3.63) is 107 Å². The quantitative estimate of drug-likeness (QED) is 0.706. The molecule has 2 atom stereocenters. The number of benzene rings is 3. The third-order valence-corrected chi connectivity index (χ3v) is 5.04. The molecule has 0 heterocycles. The van der Waals surface area contributed by atoms with E-state index in [1.54, 1.807) is 12.1 Å². The summed E-state index contributed by atoms with van der Waals surface area (Å²) in [5.41, 5.74) is 4.06. The first-order chi connectivity index (χ1) is 12.7. The van der Waals surface area contributed by atoms with Crippen LogP contribution in [0.5, 0.6) is 0 Å². The molecule has 0 saturated heterocycles. The topological polar surface area (TPSA) is 29.1 Å². The van der Waals surface area contributed by atoms with Gasteiger partial charge in [0.05, 0.1) is 6.04 Å². The molecular weight excluding hydrogens is 325 g/mol. The molecule has 26 heavy (non-hydrogen) atoms. The Morgan fingerprint density at radius 3 is 2.42 bits per heavy atom. The maximum absolute atomic E-state index is 13.5. The number of fused-ring (bicyclic) bond motifs is 1. The second kappa shape index (κ2) is 7.12. The highest BCUT2D eigenvalue weighted by atomic mass is 19.1. The van der Waals surface area contributed by atoms with Crippen LogP contribution in [0.15, 0.2) is 78.9 Å². The van der Waals surface area contributed by atoms with Gasteiger partial charge in [-0.15, -0.1) is 0 Å². The number of hydrogen-bond acceptors (Lipinski definition) is 1. The molecule has 1 aliphatic carbocycles. The van der Waals surface area contributed by atoms with Crippen LogP contribution in [0, 0.1) is 5.82 Å². The number of rotatable bonds is 4. The van der Waals surface area contributed by atoms with Crippen molar-refractivity contribution in [2.75, 3.05) is 0 Å². The molecule has 3 aromatic carbocycles. The van der Waals surface area contributed by atoms with Gasteiger partial charge in [0.2, 0.25) is 0 Å². The third-order valence-electron chi connectivity index (χ3n) is 5.04. The van der Waals surface area contributed by atoms with Gasteiger partial charge in [-0.2, -0.15) is 0 Å². The minimum absolute atomic E-state index is 0.0162. The summed E-state index contributed by atoms with van der Waals surface area (Å²) in [5.74, 6) is 0.00796. The van der Waals surface area contributed by atoms with Gasteiger partial charge in [0, 0.05) is 5.56 Å². The van der Waals surface area contributed by atoms with Crippen molar-refractivity contribution >= 4 is 5.91 Å². The Bertz CT molecular complexity index is 922. The maximum atomic E-state index is 13.5. The second-order valence-corrected chi connectivity index (χ2v) is 6.79. The summed E-state index contributed by atoms with van der Waals surface area (Å²) in [6, 6.07) is 24.3. The second-order valence-electron chi connectivity index (χ2n) is 6.79. The predicted octanol–water partition coefficient (Wildman–Crippen LogP) is 5.03. The van der Waals surface area contributed by atoms with Gasteiger partial charge in [-0.25, -0.2) is 4.39 Å². The monoisotopic (exact) mass is 345 g/mol. The van der Waals surface area contributed by atoms with Crippen molar-refractivity contribution in [2.24, 2.45) is 0 Å². The summed E-state index contributed by atoms with van der Waals surface area (Å²) >= 11 is 0. The summed E-state index contributed by atoms with van der Waals surface area (Å²) < 4.78 is 13.5. The highest BCUT2D eigenvalue weighted by Gasteiger charge is 2.31. The maximum Gasteiger partial charge on any atom is 0.251 e. The lowest BCUT2D eigenvalue weighted by Gasteiger charge is -2.15. The standard InChI is InChI=1S/C23H20FNO/c24-19-10-6-7-16(14-19)13-18-15-22(21-12-5-4-11-20(18)21)25-23(26)17-8-2-1-3-9-17/h1-12,14,18,22H,13,15H2,(H,25,26)/t18-,22-/m1/s1. The van der Waals surface area contributed by atoms with E-state index in [0.717, 1.165) is 24.0 Å². The lowest BCUT2D eigenvalue weighted by Crippen LogP contribution is -2.27. The van der Waals surface area contributed by atoms with E-state index in [1.807, 2.05) is 48.5 Å². The first-order valence-corrected chi connectivity index (χ1v) is 8.90. The van der Waals surface area contributed by atoms with E-state index < -0.39 is 0 Å². The van der Waals surface area contributed by atoms with Crippen molar-refractivity contribution in [1.29, 1.82) is 0 Å². The van der Waals surface area contributed by atoms with Gasteiger partial charge >= 0.3 is 0 Å². The molecule has 1 aliphatic rings. The van der Waals surface area contributed by atoms with Crippen molar-refractivity contribution in [1.82, 2.24) is 5.32 Å². The number of halogens is 1. The molecule has 4 rings (SSSR count). The zero-order valence-corrected chi connectivity index (χ0v) is 14.4. The molecule has 0 unspecified atom stereocenters. The molecule has 1 amide bonds. The first kappa shape index (κ1) is 16.5. The van der Waals surface area contributed by atoms with E-state index in [1.165, 1.54) is 11.6 Å². The molecule has 0 fully saturated rings. The molecular formula is C23H20FNO. The van der Waals surface area contributed by atoms with E-state index in [2.05, 4.69) is 17.4 Å². The first-order valence-electron chi connectivity index (χ1n) is 8.90. The Morgan fingerprint density at radius 1 is 0.923 bits per heavy atom. The Kier molecular flexibility index (Phi) is 4.53. The summed E-state index contributed by atoms with van der Waals surface area (Å²) in [5, 5.41) is 3.17. The van der Waals surface area contributed by atoms with Crippen LogP contribution in [-0.2, 0) is 6.42 Å². The molecule has 2 nitrogen and oxygen atoms in total. The van der Waals surface area contributed by atoms with Crippen molar-refractivity contribution in [3.8, 4) is 0 Å². The van der Waals surface area contributed by atoms with Crippen LogP contribution >= 0.6 is 0 Å². The molecule has 1 N–H and O–H groups in total. The zero-order valence-electron chi connectivity index (χ0n) is 14.4. The van der Waals surface area contributed by atoms with Gasteiger partial charge in [-0.3, -0.25) is 4.79 Å². The van der Waals surface area contributed by atoms with Crippen molar-refractivity contribution in [3.63, 3.8) is 0 Å². The largest absolute Gasteiger partial charge is 0.345 e. The SMILES string of the molecule is O=C(N[C@@H]1C[C@@H](Cc2cccc(F)c2)c2ccccc21)c1ccccc1. The normalized spacial score (nSPS) is 18.3. The van der Waals surface area contributed by atoms with Gasteiger partial charge in [-0.05, 0) is 59.7 Å². The molecule has 0 bridgehead atoms. The summed E-state index contributed by atoms with van der Waals surface area (Å²) in [4.78, 5) is 12.6. The minimum Gasteiger partial charge on any atom is -0.345 e. The van der Waals surface area contributed by atoms with E-state index in [9.17, 15) is 9.18 Å². The highest BCUT2D eigenvalue weighted by molar-refractivity contribution is 5.94. The van der Waals surface area contributed by atoms with Gasteiger partial charge in [-0.1, -0.05) is 54.6 Å². The summed E-state index contributed by atoms with van der Waals surface area (Å²) in [6.45, 7) is 0. The number of nitrogens with one attached hydrogen (secondary N) is 1. The van der Waals surface area contributed by atoms with Gasteiger partial charge in [0.15, 0.2) is 0 Å². The Hall–Kier alpha value is -2.94. The Morgan fingerprint density at radius 2 is 1.65 bits per heavy atom. The van der Waals surface area contributed by atoms with Crippen LogP contribution in [0.4, 0.5) is 4.39 Å². The number of amides is 1. The lowest BCUT2D eigenvalue weighted by atomic mass is 9.93. The molecule has 0 saturated carbocycles. The molecule has 3 aromatic rings. The van der Waals surface area contributed by atoms with Crippen LogP contribution in [0.1, 0.15) is 45.4 Å². The molecule has 0 spiro atoms. The molecule has 3 heteroatoms. The van der Waals surface area contributed by atoms with Crippen LogP contribution in [0.25, 0.3) is 0 Å². The Balaban J connectivity index is 1.55. The molecule has 0 aromatic heterocycles. The van der Waals surface area contributed by atoms with E-state index in [-0.39, 0.29) is 23.7 Å². The van der Waals surface area contributed by atoms with E-state index >= 15 is 0 Å². The van der Waals surface area contributed by atoms with Gasteiger partial charge in [0.1, 0.15) is 5.82 Å². The molecule has 130 valence electrons. The fourth-order valence-corrected chi connectivity index (χ4v) is 3.85. The van der Waals surface area contributed by atoms with Crippen LogP contribution in [0.3, 0.4) is 0 Å². The van der Waals surface area contributed by atoms with Gasteiger partial charge < -0.3 is 5.32 Å². The average molecular weight is 345 g/mol. The van der Waals surface area contributed by atoms with Crippen LogP contribution in [0.2, 0.25) is 0 Å². The lowest BCUT2D eigenvalue weighted by molar-refractivity contribution is 0.0936. The smallest absolute Gasteiger partial charge is 0.251 e. The van der Waals surface area contributed by atoms with E-state index in [0.29, 0.717) is 5.56 Å². The Labute approximate surface area is 152 Å². The number of hydrogen-bond donors (Lipinski definition) is 1. The van der Waals surface area contributed by atoms with Crippen molar-refractivity contribution < 1.29 is 9.18 Å². The summed E-state index contributed by atoms with van der Waals surface area (Å²) in [7, 11) is 0. The predicted molar refractivity (Wildman–Crippen MR) is 101 cm³/mol. The van der Waals surface area contributed by atoms with Crippen LogP contribution in [-0.4, -0.2) is 5.91 Å². The van der Waals surface area contributed by atoms with Crippen molar-refractivity contribution in [2.45, 2.75) is 24.8 Å². The molecule has 0 aliphatic heterocycles.